The van der Waals surface area contributed by atoms with E-state index in [1.165, 1.54) is 6.08 Å². The SMILES string of the molecule is COc1cc(/C=C(\C#N)C(=O)Nc2ccc(OCc3ccc(Cl)cc3)cc2)cc(I)c1OCc1ccc(Br)cc1. The van der Waals surface area contributed by atoms with Gasteiger partial charge in [0, 0.05) is 15.2 Å². The molecule has 4 rings (SSSR count). The van der Waals surface area contributed by atoms with Crippen LogP contribution < -0.4 is 19.5 Å². The molecule has 1 N–H and O–H groups in total. The Balaban J connectivity index is 1.41. The number of hydrogen-bond donors (Lipinski definition) is 1. The average Bonchev–Trinajstić information content (AvgIpc) is 2.96. The van der Waals surface area contributed by atoms with E-state index in [1.54, 1.807) is 37.4 Å². The Kier molecular flexibility index (Phi) is 10.5. The first-order valence-electron chi connectivity index (χ1n) is 12.0. The number of carbonyl (C=O) groups is 1. The third-order valence-electron chi connectivity index (χ3n) is 5.66. The van der Waals surface area contributed by atoms with Crippen molar-refractivity contribution in [1.29, 1.82) is 5.26 Å². The van der Waals surface area contributed by atoms with Gasteiger partial charge in [-0.2, -0.15) is 5.26 Å². The van der Waals surface area contributed by atoms with Crippen LogP contribution in [0.15, 0.2) is 95.0 Å². The first-order chi connectivity index (χ1) is 19.3. The molecule has 0 fully saturated rings. The third-order valence-corrected chi connectivity index (χ3v) is 7.24. The predicted octanol–water partition coefficient (Wildman–Crippen LogP) is 8.42. The summed E-state index contributed by atoms with van der Waals surface area (Å²) in [6.45, 7) is 0.756. The van der Waals surface area contributed by atoms with Crippen LogP contribution in [-0.2, 0) is 18.0 Å². The smallest absolute Gasteiger partial charge is 0.266 e. The second-order valence-corrected chi connectivity index (χ2v) is 11.0. The van der Waals surface area contributed by atoms with E-state index >= 15 is 0 Å². The first kappa shape index (κ1) is 29.5. The van der Waals surface area contributed by atoms with Crippen LogP contribution in [0.2, 0.25) is 5.02 Å². The van der Waals surface area contributed by atoms with Gasteiger partial charge in [-0.15, -0.1) is 0 Å². The lowest BCUT2D eigenvalue weighted by atomic mass is 10.1. The molecule has 0 atom stereocenters. The second-order valence-electron chi connectivity index (χ2n) is 8.51. The minimum absolute atomic E-state index is 0.0514. The van der Waals surface area contributed by atoms with Crippen LogP contribution in [-0.4, -0.2) is 13.0 Å². The van der Waals surface area contributed by atoms with Crippen molar-refractivity contribution >= 4 is 67.8 Å². The third kappa shape index (κ3) is 8.24. The van der Waals surface area contributed by atoms with E-state index in [0.717, 1.165) is 19.2 Å². The molecular weight excluding hydrogens is 707 g/mol. The first-order valence-corrected chi connectivity index (χ1v) is 14.2. The fraction of sp³-hybridized carbons (Fsp3) is 0.0968. The Morgan fingerprint density at radius 1 is 0.975 bits per heavy atom. The van der Waals surface area contributed by atoms with Gasteiger partial charge in [-0.25, -0.2) is 0 Å². The maximum Gasteiger partial charge on any atom is 0.266 e. The van der Waals surface area contributed by atoms with Gasteiger partial charge in [0.25, 0.3) is 5.91 Å². The van der Waals surface area contributed by atoms with E-state index in [-0.39, 0.29) is 5.57 Å². The van der Waals surface area contributed by atoms with Crippen molar-refractivity contribution in [2.45, 2.75) is 13.2 Å². The van der Waals surface area contributed by atoms with Crippen molar-refractivity contribution in [3.8, 4) is 23.3 Å². The van der Waals surface area contributed by atoms with Crippen molar-refractivity contribution in [3.05, 3.63) is 120 Å². The minimum Gasteiger partial charge on any atom is -0.493 e. The molecule has 0 saturated heterocycles. The molecule has 6 nitrogen and oxygen atoms in total. The highest BCUT2D eigenvalue weighted by Crippen LogP contribution is 2.35. The van der Waals surface area contributed by atoms with E-state index in [1.807, 2.05) is 60.7 Å². The van der Waals surface area contributed by atoms with Gasteiger partial charge in [-0.3, -0.25) is 4.79 Å². The molecule has 0 spiro atoms. The van der Waals surface area contributed by atoms with Gasteiger partial charge >= 0.3 is 0 Å². The van der Waals surface area contributed by atoms with Crippen molar-refractivity contribution in [2.24, 2.45) is 0 Å². The Hall–Kier alpha value is -3.52. The van der Waals surface area contributed by atoms with Crippen molar-refractivity contribution < 1.29 is 19.0 Å². The molecule has 0 heterocycles. The van der Waals surface area contributed by atoms with Gasteiger partial charge in [0.2, 0.25) is 0 Å². The number of carbonyl (C=O) groups excluding carboxylic acids is 1. The summed E-state index contributed by atoms with van der Waals surface area (Å²) in [5.41, 5.74) is 3.11. The lowest BCUT2D eigenvalue weighted by molar-refractivity contribution is -0.112. The Morgan fingerprint density at radius 2 is 1.60 bits per heavy atom. The van der Waals surface area contributed by atoms with Gasteiger partial charge in [0.1, 0.15) is 30.6 Å². The van der Waals surface area contributed by atoms with Gasteiger partial charge < -0.3 is 19.5 Å². The number of hydrogen-bond acceptors (Lipinski definition) is 5. The lowest BCUT2D eigenvalue weighted by Gasteiger charge is -2.14. The van der Waals surface area contributed by atoms with Crippen molar-refractivity contribution in [1.82, 2.24) is 0 Å². The quantitative estimate of drug-likeness (QED) is 0.101. The van der Waals surface area contributed by atoms with Gasteiger partial charge in [0.15, 0.2) is 11.5 Å². The average molecular weight is 730 g/mol. The van der Waals surface area contributed by atoms with Gasteiger partial charge in [-0.05, 0) is 106 Å². The Labute approximate surface area is 259 Å². The van der Waals surface area contributed by atoms with Crippen molar-refractivity contribution in [2.75, 3.05) is 12.4 Å². The number of amides is 1. The largest absolute Gasteiger partial charge is 0.493 e. The zero-order valence-electron chi connectivity index (χ0n) is 21.3. The molecule has 0 unspecified atom stereocenters. The van der Waals surface area contributed by atoms with Crippen LogP contribution in [0.3, 0.4) is 0 Å². The molecule has 0 aromatic heterocycles. The van der Waals surface area contributed by atoms with E-state index in [2.05, 4.69) is 43.8 Å². The van der Waals surface area contributed by atoms with E-state index in [0.29, 0.717) is 46.7 Å². The summed E-state index contributed by atoms with van der Waals surface area (Å²) in [6.07, 6.45) is 1.52. The summed E-state index contributed by atoms with van der Waals surface area (Å²) >= 11 is 11.5. The maximum absolute atomic E-state index is 12.9. The van der Waals surface area contributed by atoms with Crippen molar-refractivity contribution in [3.63, 3.8) is 0 Å². The number of ether oxygens (including phenoxy) is 3. The fourth-order valence-electron chi connectivity index (χ4n) is 3.59. The summed E-state index contributed by atoms with van der Waals surface area (Å²) in [7, 11) is 1.55. The highest BCUT2D eigenvalue weighted by Gasteiger charge is 2.14. The number of nitrogens with one attached hydrogen (secondary N) is 1. The zero-order chi connectivity index (χ0) is 28.5. The van der Waals surface area contributed by atoms with Gasteiger partial charge in [0.05, 0.1) is 10.7 Å². The van der Waals surface area contributed by atoms with Crippen LogP contribution in [0, 0.1) is 14.9 Å². The van der Waals surface area contributed by atoms with E-state index < -0.39 is 5.91 Å². The normalized spacial score (nSPS) is 10.9. The molecule has 0 aliphatic heterocycles. The molecule has 0 aliphatic rings. The van der Waals surface area contributed by atoms with Crippen LogP contribution in [0.1, 0.15) is 16.7 Å². The summed E-state index contributed by atoms with van der Waals surface area (Å²) in [4.78, 5) is 12.9. The predicted molar refractivity (Wildman–Crippen MR) is 169 cm³/mol. The van der Waals surface area contributed by atoms with Crippen LogP contribution in [0.4, 0.5) is 5.69 Å². The molecule has 4 aromatic carbocycles. The Bertz CT molecular complexity index is 1550. The summed E-state index contributed by atoms with van der Waals surface area (Å²) in [5.74, 6) is 1.21. The monoisotopic (exact) mass is 728 g/mol. The van der Waals surface area contributed by atoms with Crippen LogP contribution >= 0.6 is 50.1 Å². The molecule has 0 radical (unpaired) electrons. The number of nitriles is 1. The molecule has 0 aliphatic carbocycles. The maximum atomic E-state index is 12.9. The second kappa shape index (κ2) is 14.2. The van der Waals surface area contributed by atoms with Crippen LogP contribution in [0.25, 0.3) is 6.08 Å². The molecule has 0 saturated carbocycles. The highest BCUT2D eigenvalue weighted by atomic mass is 127. The Morgan fingerprint density at radius 3 is 2.23 bits per heavy atom. The number of methoxy groups -OCH3 is 1. The number of nitrogens with zero attached hydrogens (tertiary/aromatic N) is 1. The highest BCUT2D eigenvalue weighted by molar-refractivity contribution is 14.1. The summed E-state index contributed by atoms with van der Waals surface area (Å²) in [5, 5.41) is 13.1. The molecule has 4 aromatic rings. The fourth-order valence-corrected chi connectivity index (χ4v) is 4.77. The minimum atomic E-state index is -0.526. The number of anilines is 1. The molecule has 40 heavy (non-hydrogen) atoms. The summed E-state index contributed by atoms with van der Waals surface area (Å²) in [6, 6.07) is 27.7. The molecule has 202 valence electrons. The molecular formula is C31H23BrClIN2O4. The lowest BCUT2D eigenvalue weighted by Crippen LogP contribution is -2.13. The topological polar surface area (TPSA) is 80.6 Å². The van der Waals surface area contributed by atoms with Crippen LogP contribution in [0.5, 0.6) is 17.2 Å². The van der Waals surface area contributed by atoms with E-state index in [9.17, 15) is 10.1 Å². The number of rotatable bonds is 10. The standard InChI is InChI=1S/C31H23BrClIN2O4/c1-38-29-16-22(15-28(34)30(29)40-19-20-2-6-24(32)7-3-20)14-23(17-35)31(37)36-26-10-12-27(13-11-26)39-18-21-4-8-25(33)9-5-21/h2-16H,18-19H2,1H3,(H,36,37)/b23-14+. The number of benzene rings is 4. The zero-order valence-corrected chi connectivity index (χ0v) is 25.8. The van der Waals surface area contributed by atoms with Gasteiger partial charge in [-0.1, -0.05) is 51.8 Å². The summed E-state index contributed by atoms with van der Waals surface area (Å²) < 4.78 is 19.1. The molecule has 0 bridgehead atoms. The number of halogens is 3. The molecule has 9 heteroatoms. The van der Waals surface area contributed by atoms with E-state index in [4.69, 9.17) is 25.8 Å². The molecule has 1 amide bonds.